The van der Waals surface area contributed by atoms with Gasteiger partial charge in [0.25, 0.3) is 5.91 Å². The third kappa shape index (κ3) is 4.00. The van der Waals surface area contributed by atoms with Gasteiger partial charge < -0.3 is 14.5 Å². The zero-order valence-electron chi connectivity index (χ0n) is 14.1. The van der Waals surface area contributed by atoms with Crippen molar-refractivity contribution in [3.63, 3.8) is 0 Å². The van der Waals surface area contributed by atoms with E-state index < -0.39 is 0 Å². The van der Waals surface area contributed by atoms with Crippen molar-refractivity contribution in [2.75, 3.05) is 39.7 Å². The Bertz CT molecular complexity index is 671. The maximum Gasteiger partial charge on any atom is 0.257 e. The fourth-order valence-corrected chi connectivity index (χ4v) is 2.43. The predicted octanol–water partition coefficient (Wildman–Crippen LogP) is 2.47. The minimum atomic E-state index is -0.0308. The summed E-state index contributed by atoms with van der Waals surface area (Å²) in [4.78, 5) is 20.5. The summed E-state index contributed by atoms with van der Waals surface area (Å²) in [6.45, 7) is 0.612. The number of para-hydroxylation sites is 1. The molecule has 0 atom stereocenters. The number of aromatic nitrogens is 1. The normalized spacial score (nSPS) is 10.3. The van der Waals surface area contributed by atoms with Crippen LogP contribution in [0.25, 0.3) is 0 Å². The Balaban J connectivity index is 2.09. The summed E-state index contributed by atoms with van der Waals surface area (Å²) in [5, 5.41) is 0. The Morgan fingerprint density at radius 2 is 1.87 bits per heavy atom. The maximum atomic E-state index is 12.7. The highest BCUT2D eigenvalue weighted by molar-refractivity contribution is 5.98. The fourth-order valence-electron chi connectivity index (χ4n) is 2.43. The van der Waals surface area contributed by atoms with Crippen molar-refractivity contribution >= 4 is 11.7 Å². The van der Waals surface area contributed by atoms with Gasteiger partial charge in [-0.25, -0.2) is 4.98 Å². The third-order valence-corrected chi connectivity index (χ3v) is 3.70. The van der Waals surface area contributed by atoms with Crippen LogP contribution >= 0.6 is 0 Å². The third-order valence-electron chi connectivity index (χ3n) is 3.70. The number of hydrogen-bond donors (Lipinski definition) is 0. The van der Waals surface area contributed by atoms with Gasteiger partial charge in [0.2, 0.25) is 0 Å². The Kier molecular flexibility index (Phi) is 5.57. The Labute approximate surface area is 137 Å². The molecule has 0 fully saturated rings. The van der Waals surface area contributed by atoms with Gasteiger partial charge in [0.15, 0.2) is 0 Å². The Morgan fingerprint density at radius 1 is 1.13 bits per heavy atom. The highest BCUT2D eigenvalue weighted by Gasteiger charge is 2.17. The van der Waals surface area contributed by atoms with E-state index in [1.807, 2.05) is 56.4 Å². The minimum Gasteiger partial charge on any atom is -0.496 e. The zero-order chi connectivity index (χ0) is 16.8. The second-order valence-electron chi connectivity index (χ2n) is 5.56. The number of carbonyl (C=O) groups is 1. The summed E-state index contributed by atoms with van der Waals surface area (Å²) in [5.74, 6) is 1.50. The van der Waals surface area contributed by atoms with Crippen molar-refractivity contribution in [3.8, 4) is 5.75 Å². The van der Waals surface area contributed by atoms with E-state index in [-0.39, 0.29) is 5.91 Å². The fraction of sp³-hybridized carbons (Fsp3) is 0.333. The number of ether oxygens (including phenoxy) is 1. The quantitative estimate of drug-likeness (QED) is 0.822. The molecule has 0 saturated heterocycles. The average molecular weight is 313 g/mol. The molecule has 0 unspecified atom stereocenters. The van der Waals surface area contributed by atoms with E-state index in [0.717, 1.165) is 17.7 Å². The van der Waals surface area contributed by atoms with Crippen LogP contribution in [0.3, 0.4) is 0 Å². The summed E-state index contributed by atoms with van der Waals surface area (Å²) >= 11 is 0. The molecule has 1 aromatic heterocycles. The molecule has 0 aliphatic carbocycles. The zero-order valence-corrected chi connectivity index (χ0v) is 14.1. The molecule has 2 aromatic rings. The van der Waals surface area contributed by atoms with Crippen molar-refractivity contribution in [3.05, 3.63) is 53.7 Å². The molecule has 0 radical (unpaired) electrons. The molecule has 0 aliphatic rings. The van der Waals surface area contributed by atoms with Crippen molar-refractivity contribution in [1.29, 1.82) is 0 Å². The Morgan fingerprint density at radius 3 is 2.57 bits per heavy atom. The van der Waals surface area contributed by atoms with E-state index in [9.17, 15) is 4.79 Å². The van der Waals surface area contributed by atoms with Gasteiger partial charge in [-0.15, -0.1) is 0 Å². The van der Waals surface area contributed by atoms with E-state index in [0.29, 0.717) is 17.9 Å². The maximum absolute atomic E-state index is 12.7. The lowest BCUT2D eigenvalue weighted by Crippen LogP contribution is -2.30. The molecular formula is C18H23N3O2. The second kappa shape index (κ2) is 7.63. The lowest BCUT2D eigenvalue weighted by molar-refractivity contribution is 0.0796. The molecule has 23 heavy (non-hydrogen) atoms. The molecule has 5 nitrogen and oxygen atoms in total. The van der Waals surface area contributed by atoms with Gasteiger partial charge in [0.05, 0.1) is 12.7 Å². The molecule has 2 rings (SSSR count). The summed E-state index contributed by atoms with van der Waals surface area (Å²) in [6, 6.07) is 11.5. The number of carbonyl (C=O) groups excluding carboxylic acids is 1. The van der Waals surface area contributed by atoms with Crippen LogP contribution in [0, 0.1) is 0 Å². The summed E-state index contributed by atoms with van der Waals surface area (Å²) in [6.07, 6.45) is 2.44. The monoisotopic (exact) mass is 313 g/mol. The van der Waals surface area contributed by atoms with Crippen molar-refractivity contribution in [1.82, 2.24) is 9.88 Å². The van der Waals surface area contributed by atoms with Crippen LogP contribution in [0.1, 0.15) is 15.9 Å². The van der Waals surface area contributed by atoms with Crippen LogP contribution in [0.2, 0.25) is 0 Å². The molecule has 1 amide bonds. The molecule has 5 heteroatoms. The van der Waals surface area contributed by atoms with Crippen molar-refractivity contribution in [2.24, 2.45) is 0 Å². The van der Waals surface area contributed by atoms with Crippen LogP contribution in [0.15, 0.2) is 42.6 Å². The largest absolute Gasteiger partial charge is 0.496 e. The highest BCUT2D eigenvalue weighted by Crippen LogP contribution is 2.19. The molecule has 1 aromatic carbocycles. The highest BCUT2D eigenvalue weighted by atomic mass is 16.5. The number of rotatable bonds is 6. The Hall–Kier alpha value is -2.56. The number of benzene rings is 1. The minimum absolute atomic E-state index is 0.0308. The number of anilines is 1. The van der Waals surface area contributed by atoms with Crippen LogP contribution in [0.5, 0.6) is 5.75 Å². The van der Waals surface area contributed by atoms with E-state index in [1.54, 1.807) is 24.3 Å². The average Bonchev–Trinajstić information content (AvgIpc) is 2.59. The van der Waals surface area contributed by atoms with E-state index >= 15 is 0 Å². The topological polar surface area (TPSA) is 45.7 Å². The first-order valence-electron chi connectivity index (χ1n) is 7.54. The number of hydrogen-bond acceptors (Lipinski definition) is 4. The van der Waals surface area contributed by atoms with Gasteiger partial charge >= 0.3 is 0 Å². The molecular weight excluding hydrogens is 290 g/mol. The van der Waals surface area contributed by atoms with Crippen molar-refractivity contribution in [2.45, 2.75) is 6.42 Å². The van der Waals surface area contributed by atoms with Crippen molar-refractivity contribution < 1.29 is 9.53 Å². The molecule has 0 aliphatic heterocycles. The number of amides is 1. The van der Waals surface area contributed by atoms with Gasteiger partial charge in [0, 0.05) is 33.9 Å². The van der Waals surface area contributed by atoms with Gasteiger partial charge in [-0.05, 0) is 30.2 Å². The van der Waals surface area contributed by atoms with Gasteiger partial charge in [-0.1, -0.05) is 18.2 Å². The van der Waals surface area contributed by atoms with Crippen LogP contribution in [-0.4, -0.2) is 50.6 Å². The summed E-state index contributed by atoms with van der Waals surface area (Å²) in [5.41, 5.74) is 1.70. The van der Waals surface area contributed by atoms with Gasteiger partial charge in [-0.3, -0.25) is 4.79 Å². The second-order valence-corrected chi connectivity index (χ2v) is 5.56. The predicted molar refractivity (Wildman–Crippen MR) is 92.2 cm³/mol. The molecule has 0 bridgehead atoms. The molecule has 0 saturated carbocycles. The first-order valence-corrected chi connectivity index (χ1v) is 7.54. The van der Waals surface area contributed by atoms with Crippen LogP contribution in [0.4, 0.5) is 5.82 Å². The molecule has 1 heterocycles. The first kappa shape index (κ1) is 16.8. The lowest BCUT2D eigenvalue weighted by Gasteiger charge is -2.21. The van der Waals surface area contributed by atoms with Gasteiger partial charge in [0.1, 0.15) is 11.6 Å². The molecule has 122 valence electrons. The number of pyridine rings is 1. The molecule has 0 spiro atoms. The SMILES string of the molecule is COc1ccccc1CCN(C)C(=O)c1cccnc1N(C)C. The molecule has 0 N–H and O–H groups in total. The van der Waals surface area contributed by atoms with Crippen LogP contribution in [-0.2, 0) is 6.42 Å². The van der Waals surface area contributed by atoms with Gasteiger partial charge in [-0.2, -0.15) is 0 Å². The van der Waals surface area contributed by atoms with E-state index in [4.69, 9.17) is 4.74 Å². The first-order chi connectivity index (χ1) is 11.0. The van der Waals surface area contributed by atoms with E-state index in [2.05, 4.69) is 4.98 Å². The van der Waals surface area contributed by atoms with Crippen LogP contribution < -0.4 is 9.64 Å². The lowest BCUT2D eigenvalue weighted by atomic mass is 10.1. The summed E-state index contributed by atoms with van der Waals surface area (Å²) < 4.78 is 5.35. The smallest absolute Gasteiger partial charge is 0.257 e. The summed E-state index contributed by atoms with van der Waals surface area (Å²) in [7, 11) is 7.23. The standard InChI is InChI=1S/C18H23N3O2/c1-20(2)17-15(9-7-12-19-17)18(22)21(3)13-11-14-8-5-6-10-16(14)23-4/h5-10,12H,11,13H2,1-4H3. The number of likely N-dealkylation sites (N-methyl/N-ethyl adjacent to an activating group) is 1. The van der Waals surface area contributed by atoms with E-state index in [1.165, 1.54) is 0 Å². The number of nitrogens with zero attached hydrogens (tertiary/aromatic N) is 3. The number of methoxy groups -OCH3 is 1.